The zero-order valence-corrected chi connectivity index (χ0v) is 9.10. The molecule has 1 aromatic rings. The van der Waals surface area contributed by atoms with Gasteiger partial charge in [0.2, 0.25) is 5.91 Å². The topological polar surface area (TPSA) is 46.3 Å². The Labute approximate surface area is 89.9 Å². The maximum atomic E-state index is 11.3. The predicted octanol–water partition coefficient (Wildman–Crippen LogP) is 1.09. The van der Waals surface area contributed by atoms with Gasteiger partial charge < -0.3 is 10.6 Å². The van der Waals surface area contributed by atoms with E-state index < -0.39 is 0 Å². The number of carbonyl (C=O) groups excluding carboxylic acids is 1. The highest BCUT2D eigenvalue weighted by atomic mass is 16.2. The molecule has 15 heavy (non-hydrogen) atoms. The van der Waals surface area contributed by atoms with Crippen molar-refractivity contribution < 1.29 is 4.79 Å². The van der Waals surface area contributed by atoms with E-state index in [-0.39, 0.29) is 18.0 Å². The summed E-state index contributed by atoms with van der Waals surface area (Å²) in [6.45, 7) is 2.12. The van der Waals surface area contributed by atoms with Crippen LogP contribution in [0.4, 0.5) is 0 Å². The number of likely N-dealkylation sites (tertiary alicyclic amines) is 1. The lowest BCUT2D eigenvalue weighted by Gasteiger charge is -2.43. The summed E-state index contributed by atoms with van der Waals surface area (Å²) in [5.74, 6) is 0.0274. The van der Waals surface area contributed by atoms with Gasteiger partial charge in [-0.3, -0.25) is 4.79 Å². The van der Waals surface area contributed by atoms with Crippen molar-refractivity contribution in [2.75, 3.05) is 7.05 Å². The summed E-state index contributed by atoms with van der Waals surface area (Å²) in [7, 11) is 1.80. The molecule has 1 fully saturated rings. The minimum Gasteiger partial charge on any atom is -0.335 e. The molecular weight excluding hydrogens is 188 g/mol. The monoisotopic (exact) mass is 204 g/mol. The first-order chi connectivity index (χ1) is 7.15. The normalized spacial score (nSPS) is 25.3. The third-order valence-corrected chi connectivity index (χ3v) is 3.12. The number of β-lactam (4-membered cyclic amide) rings is 1. The average Bonchev–Trinajstić information content (AvgIpc) is 2.30. The highest BCUT2D eigenvalue weighted by Crippen LogP contribution is 2.31. The van der Waals surface area contributed by atoms with Crippen LogP contribution in [0.5, 0.6) is 0 Å². The summed E-state index contributed by atoms with van der Waals surface area (Å²) >= 11 is 0. The number of nitrogens with two attached hydrogens (primary N) is 1. The maximum Gasteiger partial charge on any atom is 0.242 e. The number of amides is 1. The quantitative estimate of drug-likeness (QED) is 0.733. The fourth-order valence-electron chi connectivity index (χ4n) is 2.05. The third kappa shape index (κ3) is 1.53. The van der Waals surface area contributed by atoms with Gasteiger partial charge in [0, 0.05) is 7.05 Å². The molecule has 1 heterocycles. The summed E-state index contributed by atoms with van der Waals surface area (Å²) in [5, 5.41) is 0. The lowest BCUT2D eigenvalue weighted by Crippen LogP contribution is -2.61. The minimum atomic E-state index is -0.359. The molecule has 1 aliphatic rings. The Kier molecular flexibility index (Phi) is 2.49. The van der Waals surface area contributed by atoms with Gasteiger partial charge in [-0.15, -0.1) is 0 Å². The Morgan fingerprint density at radius 2 is 1.93 bits per heavy atom. The largest absolute Gasteiger partial charge is 0.335 e. The van der Waals surface area contributed by atoms with Crippen molar-refractivity contribution in [3.05, 3.63) is 35.4 Å². The number of likely N-dealkylation sites (N-methyl/N-ethyl adjacent to an activating group) is 1. The van der Waals surface area contributed by atoms with Crippen molar-refractivity contribution in [2.45, 2.75) is 25.4 Å². The van der Waals surface area contributed by atoms with E-state index in [0.717, 1.165) is 12.0 Å². The maximum absolute atomic E-state index is 11.3. The molecule has 80 valence electrons. The van der Waals surface area contributed by atoms with Crippen molar-refractivity contribution in [3.8, 4) is 0 Å². The van der Waals surface area contributed by atoms with Gasteiger partial charge in [-0.25, -0.2) is 0 Å². The van der Waals surface area contributed by atoms with E-state index in [2.05, 4.69) is 31.2 Å². The van der Waals surface area contributed by atoms with E-state index in [4.69, 9.17) is 5.73 Å². The molecule has 3 nitrogen and oxygen atoms in total. The molecule has 0 unspecified atom stereocenters. The van der Waals surface area contributed by atoms with E-state index in [9.17, 15) is 4.79 Å². The zero-order valence-electron chi connectivity index (χ0n) is 9.10. The molecule has 0 bridgehead atoms. The van der Waals surface area contributed by atoms with Crippen molar-refractivity contribution in [2.24, 2.45) is 5.73 Å². The summed E-state index contributed by atoms with van der Waals surface area (Å²) < 4.78 is 0. The Morgan fingerprint density at radius 3 is 2.40 bits per heavy atom. The van der Waals surface area contributed by atoms with E-state index in [1.807, 2.05) is 0 Å². The van der Waals surface area contributed by atoms with Gasteiger partial charge >= 0.3 is 0 Å². The second kappa shape index (κ2) is 3.66. The molecule has 1 aliphatic heterocycles. The third-order valence-electron chi connectivity index (χ3n) is 3.12. The second-order valence-corrected chi connectivity index (χ2v) is 4.01. The SMILES string of the molecule is CCc1ccc([C@@H]2[C@H](N)C(=O)N2C)cc1. The molecule has 2 atom stereocenters. The highest BCUT2D eigenvalue weighted by molar-refractivity contribution is 5.89. The van der Waals surface area contributed by atoms with E-state index >= 15 is 0 Å². The van der Waals surface area contributed by atoms with Gasteiger partial charge in [-0.05, 0) is 17.5 Å². The van der Waals surface area contributed by atoms with Crippen LogP contribution in [0.15, 0.2) is 24.3 Å². The number of rotatable bonds is 2. The lowest BCUT2D eigenvalue weighted by atomic mass is 9.89. The molecule has 2 rings (SSSR count). The second-order valence-electron chi connectivity index (χ2n) is 4.01. The number of carbonyl (C=O) groups is 1. The number of benzene rings is 1. The summed E-state index contributed by atoms with van der Waals surface area (Å²) in [5.41, 5.74) is 8.20. The smallest absolute Gasteiger partial charge is 0.242 e. The van der Waals surface area contributed by atoms with Crippen molar-refractivity contribution in [3.63, 3.8) is 0 Å². The van der Waals surface area contributed by atoms with Crippen LogP contribution in [0.2, 0.25) is 0 Å². The Bertz CT molecular complexity index is 360. The molecular formula is C12H16N2O. The van der Waals surface area contributed by atoms with Crippen molar-refractivity contribution >= 4 is 5.91 Å². The summed E-state index contributed by atoms with van der Waals surface area (Å²) in [6.07, 6.45) is 1.03. The molecule has 1 aromatic carbocycles. The first-order valence-electron chi connectivity index (χ1n) is 5.26. The Balaban J connectivity index is 2.20. The van der Waals surface area contributed by atoms with Gasteiger partial charge in [-0.2, -0.15) is 0 Å². The van der Waals surface area contributed by atoms with E-state index in [1.165, 1.54) is 5.56 Å². The minimum absolute atomic E-state index is 0.0274. The fraction of sp³-hybridized carbons (Fsp3) is 0.417. The van der Waals surface area contributed by atoms with Gasteiger partial charge in [0.25, 0.3) is 0 Å². The summed E-state index contributed by atoms with van der Waals surface area (Å²) in [6, 6.07) is 8.02. The zero-order chi connectivity index (χ0) is 11.0. The van der Waals surface area contributed by atoms with Crippen LogP contribution in [-0.4, -0.2) is 23.9 Å². The van der Waals surface area contributed by atoms with Gasteiger partial charge in [0.15, 0.2) is 0 Å². The van der Waals surface area contributed by atoms with Crippen molar-refractivity contribution in [1.82, 2.24) is 4.90 Å². The molecule has 3 heteroatoms. The lowest BCUT2D eigenvalue weighted by molar-refractivity contribution is -0.147. The molecule has 0 saturated carbocycles. The molecule has 1 saturated heterocycles. The van der Waals surface area contributed by atoms with Crippen LogP contribution in [-0.2, 0) is 11.2 Å². The van der Waals surface area contributed by atoms with Crippen LogP contribution < -0.4 is 5.73 Å². The standard InChI is InChI=1S/C12H16N2O/c1-3-8-4-6-9(7-5-8)11-10(13)12(15)14(11)2/h4-7,10-11H,3,13H2,1-2H3/t10-,11+/m0/s1. The molecule has 0 spiro atoms. The van der Waals surface area contributed by atoms with Crippen LogP contribution in [0.1, 0.15) is 24.1 Å². The predicted molar refractivity (Wildman–Crippen MR) is 59.3 cm³/mol. The van der Waals surface area contributed by atoms with Crippen LogP contribution >= 0.6 is 0 Å². The molecule has 0 aliphatic carbocycles. The average molecular weight is 204 g/mol. The van der Waals surface area contributed by atoms with E-state index in [0.29, 0.717) is 0 Å². The van der Waals surface area contributed by atoms with Gasteiger partial charge in [-0.1, -0.05) is 31.2 Å². The van der Waals surface area contributed by atoms with E-state index in [1.54, 1.807) is 11.9 Å². The van der Waals surface area contributed by atoms with Crippen LogP contribution in [0.3, 0.4) is 0 Å². The highest BCUT2D eigenvalue weighted by Gasteiger charge is 2.42. The molecule has 0 radical (unpaired) electrons. The number of nitrogens with zero attached hydrogens (tertiary/aromatic N) is 1. The first kappa shape index (κ1) is 10.2. The first-order valence-corrected chi connectivity index (χ1v) is 5.26. The van der Waals surface area contributed by atoms with Gasteiger partial charge in [0.05, 0.1) is 6.04 Å². The summed E-state index contributed by atoms with van der Waals surface area (Å²) in [4.78, 5) is 13.0. The number of hydrogen-bond acceptors (Lipinski definition) is 2. The van der Waals surface area contributed by atoms with Crippen LogP contribution in [0.25, 0.3) is 0 Å². The van der Waals surface area contributed by atoms with Gasteiger partial charge in [0.1, 0.15) is 6.04 Å². The Hall–Kier alpha value is -1.35. The molecule has 2 N–H and O–H groups in total. The van der Waals surface area contributed by atoms with Crippen molar-refractivity contribution in [1.29, 1.82) is 0 Å². The van der Waals surface area contributed by atoms with Crippen LogP contribution in [0, 0.1) is 0 Å². The molecule has 0 aromatic heterocycles. The Morgan fingerprint density at radius 1 is 1.33 bits per heavy atom. The molecule has 1 amide bonds. The number of hydrogen-bond donors (Lipinski definition) is 1. The number of aryl methyl sites for hydroxylation is 1. The fourth-order valence-corrected chi connectivity index (χ4v) is 2.05.